The maximum Gasteiger partial charge on any atom is 0.278 e. The number of hydrogen-bond donors (Lipinski definition) is 2. The van der Waals surface area contributed by atoms with Crippen LogP contribution in [0.15, 0.2) is 16.0 Å². The number of thioether (sulfide) groups is 1. The molecule has 0 bridgehead atoms. The number of aromatic amines is 1. The van der Waals surface area contributed by atoms with Crippen LogP contribution in [0.25, 0.3) is 11.0 Å². The second-order valence-corrected chi connectivity index (χ2v) is 7.85. The second kappa shape index (κ2) is 8.56. The molecular formula is C18H28N4O2S. The molecule has 138 valence electrons. The smallest absolute Gasteiger partial charge is 0.278 e. The minimum Gasteiger partial charge on any atom is -0.353 e. The molecular weight excluding hydrogens is 336 g/mol. The number of hydrogen-bond acceptors (Lipinski definition) is 4. The van der Waals surface area contributed by atoms with Crippen molar-refractivity contribution in [3.63, 3.8) is 0 Å². The molecule has 0 saturated heterocycles. The molecule has 0 aliphatic carbocycles. The van der Waals surface area contributed by atoms with Gasteiger partial charge in [0, 0.05) is 18.3 Å². The molecule has 0 aliphatic heterocycles. The Hall–Kier alpha value is -1.76. The number of aromatic nitrogens is 3. The lowest BCUT2D eigenvalue weighted by Crippen LogP contribution is -2.33. The quantitative estimate of drug-likeness (QED) is 0.557. The highest BCUT2D eigenvalue weighted by Gasteiger charge is 2.15. The molecule has 2 rings (SSSR count). The molecule has 0 unspecified atom stereocenters. The van der Waals surface area contributed by atoms with E-state index in [-0.39, 0.29) is 23.3 Å². The molecule has 0 saturated carbocycles. The summed E-state index contributed by atoms with van der Waals surface area (Å²) in [6.07, 6.45) is 1.78. The lowest BCUT2D eigenvalue weighted by molar-refractivity contribution is -0.119. The van der Waals surface area contributed by atoms with Crippen LogP contribution in [0.5, 0.6) is 0 Å². The fourth-order valence-corrected chi connectivity index (χ4v) is 3.29. The molecule has 2 N–H and O–H groups in total. The summed E-state index contributed by atoms with van der Waals surface area (Å²) >= 11 is 1.32. The van der Waals surface area contributed by atoms with Gasteiger partial charge < -0.3 is 10.3 Å². The molecule has 1 amide bonds. The lowest BCUT2D eigenvalue weighted by Gasteiger charge is -2.14. The Balaban J connectivity index is 2.27. The van der Waals surface area contributed by atoms with Crippen molar-refractivity contribution in [3.8, 4) is 0 Å². The maximum atomic E-state index is 12.8. The summed E-state index contributed by atoms with van der Waals surface area (Å²) in [4.78, 5) is 32.6. The average Bonchev–Trinajstić information content (AvgIpc) is 2.92. The van der Waals surface area contributed by atoms with Gasteiger partial charge in [-0.15, -0.1) is 0 Å². The number of carbonyl (C=O) groups excluding carboxylic acids is 1. The third-order valence-electron chi connectivity index (χ3n) is 4.12. The van der Waals surface area contributed by atoms with E-state index in [1.54, 1.807) is 4.57 Å². The van der Waals surface area contributed by atoms with Crippen LogP contribution in [-0.4, -0.2) is 32.2 Å². The highest BCUT2D eigenvalue weighted by atomic mass is 32.2. The van der Waals surface area contributed by atoms with E-state index in [4.69, 9.17) is 0 Å². The van der Waals surface area contributed by atoms with E-state index in [0.29, 0.717) is 28.7 Å². The minimum absolute atomic E-state index is 0.0330. The van der Waals surface area contributed by atoms with Gasteiger partial charge in [0.25, 0.3) is 5.56 Å². The first kappa shape index (κ1) is 19.6. The molecule has 7 heteroatoms. The van der Waals surface area contributed by atoms with Crippen LogP contribution >= 0.6 is 11.8 Å². The van der Waals surface area contributed by atoms with Crippen LogP contribution in [0.3, 0.4) is 0 Å². The number of fused-ring (bicyclic) bond motifs is 1. The number of aryl methyl sites for hydroxylation is 1. The third kappa shape index (κ3) is 5.11. The number of carbonyl (C=O) groups is 1. The van der Waals surface area contributed by atoms with E-state index in [9.17, 15) is 9.59 Å². The van der Waals surface area contributed by atoms with Gasteiger partial charge in [-0.1, -0.05) is 32.5 Å². The van der Waals surface area contributed by atoms with E-state index in [0.717, 1.165) is 18.5 Å². The van der Waals surface area contributed by atoms with Crippen LogP contribution in [0, 0.1) is 12.8 Å². The monoisotopic (exact) mass is 364 g/mol. The summed E-state index contributed by atoms with van der Waals surface area (Å²) in [6, 6.07) is 2.02. The highest BCUT2D eigenvalue weighted by molar-refractivity contribution is 7.99. The van der Waals surface area contributed by atoms with Gasteiger partial charge in [-0.25, -0.2) is 4.98 Å². The molecule has 6 nitrogen and oxygen atoms in total. The first-order valence-corrected chi connectivity index (χ1v) is 9.82. The van der Waals surface area contributed by atoms with Gasteiger partial charge in [-0.05, 0) is 38.7 Å². The molecule has 0 fully saturated rings. The van der Waals surface area contributed by atoms with Crippen molar-refractivity contribution in [1.82, 2.24) is 19.9 Å². The third-order valence-corrected chi connectivity index (χ3v) is 5.10. The Morgan fingerprint density at radius 1 is 1.40 bits per heavy atom. The zero-order valence-electron chi connectivity index (χ0n) is 15.7. The SMILES string of the molecule is CC[C@@H](C)NC(=O)CSc1nc2cc(C)[nH]c2c(=O)n1CCC(C)C. The zero-order chi connectivity index (χ0) is 18.6. The molecule has 0 radical (unpaired) electrons. The van der Waals surface area contributed by atoms with Crippen LogP contribution in [0.2, 0.25) is 0 Å². The largest absolute Gasteiger partial charge is 0.353 e. The first-order chi connectivity index (χ1) is 11.8. The van der Waals surface area contributed by atoms with E-state index in [2.05, 4.69) is 29.1 Å². The van der Waals surface area contributed by atoms with Crippen LogP contribution in [-0.2, 0) is 11.3 Å². The van der Waals surface area contributed by atoms with Crippen molar-refractivity contribution in [2.24, 2.45) is 5.92 Å². The first-order valence-electron chi connectivity index (χ1n) is 8.84. The molecule has 25 heavy (non-hydrogen) atoms. The van der Waals surface area contributed by atoms with E-state index in [1.165, 1.54) is 11.8 Å². The Bertz CT molecular complexity index is 794. The van der Waals surface area contributed by atoms with Crippen molar-refractivity contribution in [3.05, 3.63) is 22.1 Å². The van der Waals surface area contributed by atoms with Crippen molar-refractivity contribution >= 4 is 28.7 Å². The molecule has 2 aromatic rings. The van der Waals surface area contributed by atoms with Gasteiger partial charge in [0.05, 0.1) is 11.3 Å². The van der Waals surface area contributed by atoms with Crippen LogP contribution in [0.4, 0.5) is 0 Å². The Morgan fingerprint density at radius 2 is 2.12 bits per heavy atom. The van der Waals surface area contributed by atoms with Crippen molar-refractivity contribution in [2.45, 2.75) is 65.2 Å². The summed E-state index contributed by atoms with van der Waals surface area (Å²) in [7, 11) is 0. The second-order valence-electron chi connectivity index (χ2n) is 6.91. The van der Waals surface area contributed by atoms with Gasteiger partial charge >= 0.3 is 0 Å². The number of H-pyrrole nitrogens is 1. The standard InChI is InChI=1S/C18H28N4O2S/c1-6-12(4)19-15(23)10-25-18-21-14-9-13(5)20-16(14)17(24)22(18)8-7-11(2)3/h9,11-12,20H,6-8,10H2,1-5H3,(H,19,23)/t12-/m1/s1. The predicted octanol–water partition coefficient (Wildman–Crippen LogP) is 3.09. The maximum absolute atomic E-state index is 12.8. The molecule has 0 spiro atoms. The summed E-state index contributed by atoms with van der Waals surface area (Å²) in [5.74, 6) is 0.710. The number of nitrogens with zero attached hydrogens (tertiary/aromatic N) is 2. The number of amides is 1. The molecule has 1 atom stereocenters. The summed E-state index contributed by atoms with van der Waals surface area (Å²) in [5, 5.41) is 3.55. The Kier molecular flexibility index (Phi) is 6.70. The zero-order valence-corrected chi connectivity index (χ0v) is 16.5. The van der Waals surface area contributed by atoms with Gasteiger partial charge in [-0.2, -0.15) is 0 Å². The van der Waals surface area contributed by atoms with E-state index >= 15 is 0 Å². The number of rotatable bonds is 8. The fraction of sp³-hybridized carbons (Fsp3) is 0.611. The summed E-state index contributed by atoms with van der Waals surface area (Å²) in [6.45, 7) is 10.8. The predicted molar refractivity (Wildman–Crippen MR) is 103 cm³/mol. The average molecular weight is 365 g/mol. The van der Waals surface area contributed by atoms with Crippen LogP contribution in [0.1, 0.15) is 46.2 Å². The molecule has 2 aromatic heterocycles. The minimum atomic E-state index is -0.0661. The van der Waals surface area contributed by atoms with Gasteiger partial charge in [0.15, 0.2) is 5.16 Å². The molecule has 2 heterocycles. The lowest BCUT2D eigenvalue weighted by atomic mass is 10.1. The van der Waals surface area contributed by atoms with Crippen molar-refractivity contribution in [2.75, 3.05) is 5.75 Å². The molecule has 0 aliphatic rings. The summed E-state index contributed by atoms with van der Waals surface area (Å²) in [5.41, 5.74) is 2.04. The normalized spacial score (nSPS) is 12.7. The van der Waals surface area contributed by atoms with Crippen molar-refractivity contribution < 1.29 is 4.79 Å². The van der Waals surface area contributed by atoms with Gasteiger partial charge in [0.1, 0.15) is 5.52 Å². The fourth-order valence-electron chi connectivity index (χ4n) is 2.45. The van der Waals surface area contributed by atoms with Crippen LogP contribution < -0.4 is 10.9 Å². The van der Waals surface area contributed by atoms with Gasteiger partial charge in [-0.3, -0.25) is 14.2 Å². The van der Waals surface area contributed by atoms with Gasteiger partial charge in [0.2, 0.25) is 5.91 Å². The van der Waals surface area contributed by atoms with Crippen molar-refractivity contribution in [1.29, 1.82) is 0 Å². The van der Waals surface area contributed by atoms with E-state index < -0.39 is 0 Å². The topological polar surface area (TPSA) is 79.8 Å². The number of nitrogens with one attached hydrogen (secondary N) is 2. The van der Waals surface area contributed by atoms with E-state index in [1.807, 2.05) is 26.8 Å². The molecule has 0 aromatic carbocycles. The summed E-state index contributed by atoms with van der Waals surface area (Å²) < 4.78 is 1.69. The Labute approximate surface area is 152 Å². The Morgan fingerprint density at radius 3 is 2.76 bits per heavy atom. The highest BCUT2D eigenvalue weighted by Crippen LogP contribution is 2.19.